The summed E-state index contributed by atoms with van der Waals surface area (Å²) >= 11 is 0. The summed E-state index contributed by atoms with van der Waals surface area (Å²) in [4.78, 5) is 25.6. The number of aryl methyl sites for hydroxylation is 2. The molecule has 0 saturated heterocycles. The minimum Gasteiger partial charge on any atom is -0.496 e. The summed E-state index contributed by atoms with van der Waals surface area (Å²) in [6, 6.07) is 15.7. The number of unbranched alkanes of at least 4 members (excludes halogenated alkanes) is 1. The molecule has 2 aromatic carbocycles. The molecule has 1 N–H and O–H groups in total. The maximum atomic E-state index is 13.0. The lowest BCUT2D eigenvalue weighted by molar-refractivity contribution is -0.137. The highest BCUT2D eigenvalue weighted by Crippen LogP contribution is 2.20. The Hall–Kier alpha value is -2.82. The fourth-order valence-electron chi connectivity index (χ4n) is 3.15. The summed E-state index contributed by atoms with van der Waals surface area (Å²) in [7, 11) is 1.60. The minimum absolute atomic E-state index is 0.0401. The smallest absolute Gasteiger partial charge is 0.303 e. The lowest BCUT2D eigenvalue weighted by Crippen LogP contribution is -2.33. The van der Waals surface area contributed by atoms with Crippen molar-refractivity contribution in [3.05, 3.63) is 65.2 Å². The first kappa shape index (κ1) is 21.5. The Morgan fingerprint density at radius 3 is 2.39 bits per heavy atom. The molecule has 0 saturated carbocycles. The average Bonchev–Trinajstić information content (AvgIpc) is 2.70. The summed E-state index contributed by atoms with van der Waals surface area (Å²) in [5.41, 5.74) is 2.83. The van der Waals surface area contributed by atoms with Gasteiger partial charge in [0.1, 0.15) is 5.75 Å². The van der Waals surface area contributed by atoms with E-state index in [0.29, 0.717) is 37.2 Å². The molecule has 0 spiro atoms. The summed E-state index contributed by atoms with van der Waals surface area (Å²) in [5.74, 6) is -0.145. The van der Waals surface area contributed by atoms with Gasteiger partial charge in [-0.1, -0.05) is 36.4 Å². The summed E-state index contributed by atoms with van der Waals surface area (Å²) < 4.78 is 5.34. The van der Waals surface area contributed by atoms with Crippen LogP contribution in [0.4, 0.5) is 0 Å². The molecule has 150 valence electrons. The van der Waals surface area contributed by atoms with Crippen LogP contribution in [0.2, 0.25) is 0 Å². The van der Waals surface area contributed by atoms with Gasteiger partial charge in [-0.25, -0.2) is 0 Å². The van der Waals surface area contributed by atoms with E-state index >= 15 is 0 Å². The third-order valence-corrected chi connectivity index (χ3v) is 4.75. The maximum absolute atomic E-state index is 13.0. The molecule has 0 fully saturated rings. The second-order valence-electron chi connectivity index (χ2n) is 6.92. The zero-order valence-electron chi connectivity index (χ0n) is 16.7. The van der Waals surface area contributed by atoms with Crippen LogP contribution in [0.3, 0.4) is 0 Å². The quantitative estimate of drug-likeness (QED) is 0.587. The van der Waals surface area contributed by atoms with Gasteiger partial charge in [0.05, 0.1) is 7.11 Å². The van der Waals surface area contributed by atoms with Gasteiger partial charge < -0.3 is 14.7 Å². The fraction of sp³-hybridized carbons (Fsp3) is 0.391. The van der Waals surface area contributed by atoms with Crippen LogP contribution in [0.25, 0.3) is 0 Å². The van der Waals surface area contributed by atoms with Crippen molar-refractivity contribution in [1.82, 2.24) is 4.90 Å². The third kappa shape index (κ3) is 6.72. The summed E-state index contributed by atoms with van der Waals surface area (Å²) in [6.07, 6.45) is 3.13. The van der Waals surface area contributed by atoms with Gasteiger partial charge >= 0.3 is 5.97 Å². The maximum Gasteiger partial charge on any atom is 0.303 e. The normalized spacial score (nSPS) is 10.5. The number of carboxylic acid groups (broad SMARTS) is 1. The molecule has 28 heavy (non-hydrogen) atoms. The van der Waals surface area contributed by atoms with Crippen LogP contribution >= 0.6 is 0 Å². The van der Waals surface area contributed by atoms with Crippen molar-refractivity contribution in [2.75, 3.05) is 20.2 Å². The molecule has 0 bridgehead atoms. The van der Waals surface area contributed by atoms with Gasteiger partial charge in [-0.2, -0.15) is 0 Å². The molecule has 0 atom stereocenters. The van der Waals surface area contributed by atoms with Gasteiger partial charge in [0.2, 0.25) is 0 Å². The highest BCUT2D eigenvalue weighted by molar-refractivity contribution is 5.94. The molecular formula is C23H29NO4. The first-order valence-corrected chi connectivity index (χ1v) is 9.71. The van der Waals surface area contributed by atoms with Crippen molar-refractivity contribution in [2.45, 2.75) is 39.0 Å². The Labute approximate surface area is 166 Å². The first-order valence-electron chi connectivity index (χ1n) is 9.71. The van der Waals surface area contributed by atoms with Crippen LogP contribution in [0.15, 0.2) is 48.5 Å². The number of carbonyl (C=O) groups excluding carboxylic acids is 1. The highest BCUT2D eigenvalue weighted by Gasteiger charge is 2.17. The molecule has 5 heteroatoms. The molecule has 5 nitrogen and oxygen atoms in total. The number of carboxylic acids is 1. The molecule has 0 unspecified atom stereocenters. The zero-order chi connectivity index (χ0) is 20.4. The molecule has 0 aliphatic carbocycles. The van der Waals surface area contributed by atoms with E-state index in [2.05, 4.69) is 12.1 Å². The van der Waals surface area contributed by atoms with Crippen LogP contribution in [0, 0.1) is 6.92 Å². The van der Waals surface area contributed by atoms with E-state index < -0.39 is 5.97 Å². The van der Waals surface area contributed by atoms with Crippen molar-refractivity contribution >= 4 is 11.9 Å². The molecule has 2 aromatic rings. The van der Waals surface area contributed by atoms with Crippen molar-refractivity contribution in [2.24, 2.45) is 0 Å². The topological polar surface area (TPSA) is 66.8 Å². The van der Waals surface area contributed by atoms with Gasteiger partial charge in [0, 0.05) is 25.1 Å². The van der Waals surface area contributed by atoms with Gasteiger partial charge in [-0.15, -0.1) is 0 Å². The Morgan fingerprint density at radius 2 is 1.71 bits per heavy atom. The number of amides is 1. The van der Waals surface area contributed by atoms with Crippen LogP contribution in [0.5, 0.6) is 5.75 Å². The van der Waals surface area contributed by atoms with E-state index in [4.69, 9.17) is 9.84 Å². The van der Waals surface area contributed by atoms with E-state index in [-0.39, 0.29) is 12.3 Å². The van der Waals surface area contributed by atoms with Crippen LogP contribution in [-0.4, -0.2) is 42.1 Å². The number of rotatable bonds is 11. The second-order valence-corrected chi connectivity index (χ2v) is 6.92. The second kappa shape index (κ2) is 11.1. The number of nitrogens with zero attached hydrogens (tertiary/aromatic N) is 1. The molecular weight excluding hydrogens is 354 g/mol. The minimum atomic E-state index is -0.801. The van der Waals surface area contributed by atoms with Crippen molar-refractivity contribution in [3.63, 3.8) is 0 Å². The highest BCUT2D eigenvalue weighted by atomic mass is 16.5. The number of ether oxygens (including phenoxy) is 1. The predicted octanol–water partition coefficient (Wildman–Crippen LogP) is 4.33. The number of carbonyl (C=O) groups is 2. The number of benzene rings is 2. The van der Waals surface area contributed by atoms with Crippen molar-refractivity contribution < 1.29 is 19.4 Å². The predicted molar refractivity (Wildman–Crippen MR) is 110 cm³/mol. The largest absolute Gasteiger partial charge is 0.496 e. The van der Waals surface area contributed by atoms with Crippen LogP contribution in [-0.2, 0) is 11.2 Å². The van der Waals surface area contributed by atoms with E-state index in [1.54, 1.807) is 13.2 Å². The monoisotopic (exact) mass is 383 g/mol. The molecule has 1 amide bonds. The molecule has 0 aliphatic heterocycles. The Bertz CT molecular complexity index is 773. The van der Waals surface area contributed by atoms with E-state index in [0.717, 1.165) is 18.4 Å². The molecule has 2 rings (SSSR count). The van der Waals surface area contributed by atoms with Gasteiger partial charge in [-0.3, -0.25) is 9.59 Å². The Morgan fingerprint density at radius 1 is 1.00 bits per heavy atom. The van der Waals surface area contributed by atoms with Crippen molar-refractivity contribution in [3.8, 4) is 5.75 Å². The van der Waals surface area contributed by atoms with E-state index in [9.17, 15) is 9.59 Å². The summed E-state index contributed by atoms with van der Waals surface area (Å²) in [6.45, 7) is 3.13. The Kier molecular flexibility index (Phi) is 8.53. The average molecular weight is 383 g/mol. The first-order chi connectivity index (χ1) is 13.5. The van der Waals surface area contributed by atoms with Gasteiger partial charge in [0.15, 0.2) is 0 Å². The standard InChI is InChI=1S/C23H29NO4/c1-18-13-14-20(17-21(18)28-2)23(27)24(15-7-6-12-22(25)26)16-8-11-19-9-4-3-5-10-19/h3-5,9-10,13-14,17H,6-8,11-12,15-16H2,1-2H3,(H,25,26). The van der Waals surface area contributed by atoms with E-state index in [1.165, 1.54) is 5.56 Å². The zero-order valence-corrected chi connectivity index (χ0v) is 16.7. The van der Waals surface area contributed by atoms with Crippen LogP contribution < -0.4 is 4.74 Å². The molecule has 0 aromatic heterocycles. The van der Waals surface area contributed by atoms with Crippen molar-refractivity contribution in [1.29, 1.82) is 0 Å². The number of hydrogen-bond acceptors (Lipinski definition) is 3. The SMILES string of the molecule is COc1cc(C(=O)N(CCCCC(=O)O)CCCc2ccccc2)ccc1C. The Balaban J connectivity index is 2.02. The summed E-state index contributed by atoms with van der Waals surface area (Å²) in [5, 5.41) is 8.82. The number of methoxy groups -OCH3 is 1. The third-order valence-electron chi connectivity index (χ3n) is 4.75. The van der Waals surface area contributed by atoms with E-state index in [1.807, 2.05) is 42.2 Å². The molecule has 0 radical (unpaired) electrons. The lowest BCUT2D eigenvalue weighted by atomic mass is 10.1. The fourth-order valence-corrected chi connectivity index (χ4v) is 3.15. The van der Waals surface area contributed by atoms with Gasteiger partial charge in [-0.05, 0) is 55.9 Å². The molecule has 0 heterocycles. The lowest BCUT2D eigenvalue weighted by Gasteiger charge is -2.23. The molecule has 0 aliphatic rings. The number of aliphatic carboxylic acids is 1. The number of hydrogen-bond donors (Lipinski definition) is 1. The van der Waals surface area contributed by atoms with Gasteiger partial charge in [0.25, 0.3) is 5.91 Å². The van der Waals surface area contributed by atoms with Crippen LogP contribution in [0.1, 0.15) is 47.2 Å².